The number of carbonyl (C=O) groups excluding carboxylic acids is 1. The first-order chi connectivity index (χ1) is 10.1. The second kappa shape index (κ2) is 5.81. The molecule has 1 fully saturated rings. The maximum absolute atomic E-state index is 12.5. The monoisotopic (exact) mass is 302 g/mol. The van der Waals surface area contributed by atoms with Gasteiger partial charge in [0.2, 0.25) is 0 Å². The van der Waals surface area contributed by atoms with Gasteiger partial charge in [-0.15, -0.1) is 0 Å². The maximum atomic E-state index is 12.5. The van der Waals surface area contributed by atoms with Crippen LogP contribution in [-0.2, 0) is 0 Å². The van der Waals surface area contributed by atoms with Gasteiger partial charge in [0.05, 0.1) is 5.69 Å². The van der Waals surface area contributed by atoms with Crippen LogP contribution in [0, 0.1) is 0 Å². The molecular weight excluding hydrogens is 284 g/mol. The highest BCUT2D eigenvalue weighted by Crippen LogP contribution is 2.22. The Balaban J connectivity index is 1.79. The van der Waals surface area contributed by atoms with E-state index in [0.29, 0.717) is 17.4 Å². The first kappa shape index (κ1) is 14.0. The predicted molar refractivity (Wildman–Crippen MR) is 85.8 cm³/mol. The second-order valence-electron chi connectivity index (χ2n) is 5.17. The molecule has 5 nitrogen and oxygen atoms in total. The minimum absolute atomic E-state index is 0.0230. The van der Waals surface area contributed by atoms with Gasteiger partial charge in [0.15, 0.2) is 5.69 Å². The van der Waals surface area contributed by atoms with E-state index in [-0.39, 0.29) is 5.91 Å². The highest BCUT2D eigenvalue weighted by molar-refractivity contribution is 7.99. The van der Waals surface area contributed by atoms with Crippen LogP contribution < -0.4 is 5.73 Å². The number of carbonyl (C=O) groups is 1. The molecule has 2 heterocycles. The average Bonchev–Trinajstić information content (AvgIpc) is 3.17. The van der Waals surface area contributed by atoms with E-state index in [9.17, 15) is 4.79 Å². The Kier molecular flexibility index (Phi) is 3.88. The summed E-state index contributed by atoms with van der Waals surface area (Å²) in [5, 5.41) is 4.38. The summed E-state index contributed by atoms with van der Waals surface area (Å²) in [5.41, 5.74) is 7.78. The molecule has 6 heteroatoms. The summed E-state index contributed by atoms with van der Waals surface area (Å²) in [7, 11) is 1.86. The molecule has 1 atom stereocenters. The third-order valence-electron chi connectivity index (χ3n) is 3.72. The van der Waals surface area contributed by atoms with Crippen molar-refractivity contribution in [1.29, 1.82) is 0 Å². The van der Waals surface area contributed by atoms with Gasteiger partial charge in [-0.1, -0.05) is 6.07 Å². The molecule has 0 spiro atoms. The molecule has 1 aromatic heterocycles. The molecule has 0 saturated carbocycles. The molecule has 3 rings (SSSR count). The fourth-order valence-corrected chi connectivity index (χ4v) is 3.69. The summed E-state index contributed by atoms with van der Waals surface area (Å²) >= 11 is 1.89. The van der Waals surface area contributed by atoms with Crippen LogP contribution in [0.5, 0.6) is 0 Å². The standard InChI is InChI=1S/C15H18N4OS/c1-18(13-6-8-21-10-13)15(20)14-5-7-19(17-14)12-4-2-3-11(16)9-12/h2-5,7,9,13H,6,8,10,16H2,1H3. The van der Waals surface area contributed by atoms with Gasteiger partial charge in [0, 0.05) is 30.7 Å². The van der Waals surface area contributed by atoms with Gasteiger partial charge in [0.1, 0.15) is 0 Å². The molecule has 0 bridgehead atoms. The molecule has 1 saturated heterocycles. The predicted octanol–water partition coefficient (Wildman–Crippen LogP) is 2.03. The van der Waals surface area contributed by atoms with Crippen molar-refractivity contribution in [1.82, 2.24) is 14.7 Å². The first-order valence-electron chi connectivity index (χ1n) is 6.91. The molecule has 2 N–H and O–H groups in total. The quantitative estimate of drug-likeness (QED) is 0.881. The number of anilines is 1. The van der Waals surface area contributed by atoms with E-state index in [0.717, 1.165) is 23.6 Å². The number of benzene rings is 1. The SMILES string of the molecule is CN(C(=O)c1ccn(-c2cccc(N)c2)n1)C1CCSC1. The van der Waals surface area contributed by atoms with Crippen LogP contribution in [0.4, 0.5) is 5.69 Å². The van der Waals surface area contributed by atoms with E-state index in [4.69, 9.17) is 5.73 Å². The summed E-state index contributed by atoms with van der Waals surface area (Å²) in [5.74, 6) is 2.11. The zero-order chi connectivity index (χ0) is 14.8. The summed E-state index contributed by atoms with van der Waals surface area (Å²) in [4.78, 5) is 14.3. The molecule has 1 aliphatic heterocycles. The summed E-state index contributed by atoms with van der Waals surface area (Å²) in [6, 6.07) is 9.51. The number of hydrogen-bond donors (Lipinski definition) is 1. The fourth-order valence-electron chi connectivity index (χ4n) is 2.42. The zero-order valence-electron chi connectivity index (χ0n) is 11.9. The summed E-state index contributed by atoms with van der Waals surface area (Å²) < 4.78 is 1.68. The lowest BCUT2D eigenvalue weighted by molar-refractivity contribution is 0.0741. The molecule has 110 valence electrons. The maximum Gasteiger partial charge on any atom is 0.274 e. The van der Waals surface area contributed by atoms with Gasteiger partial charge < -0.3 is 10.6 Å². The van der Waals surface area contributed by atoms with Gasteiger partial charge in [-0.3, -0.25) is 4.79 Å². The molecule has 0 radical (unpaired) electrons. The van der Waals surface area contributed by atoms with Crippen LogP contribution in [0.3, 0.4) is 0 Å². The number of amides is 1. The number of nitrogens with zero attached hydrogens (tertiary/aromatic N) is 3. The van der Waals surface area contributed by atoms with E-state index in [1.165, 1.54) is 0 Å². The molecule has 1 amide bonds. The van der Waals surface area contributed by atoms with Crippen molar-refractivity contribution in [2.45, 2.75) is 12.5 Å². The van der Waals surface area contributed by atoms with Crippen molar-refractivity contribution in [3.63, 3.8) is 0 Å². The third-order valence-corrected chi connectivity index (χ3v) is 4.86. The minimum atomic E-state index is -0.0230. The Morgan fingerprint density at radius 1 is 1.48 bits per heavy atom. The Labute approximate surface area is 128 Å². The van der Waals surface area contributed by atoms with Crippen molar-refractivity contribution < 1.29 is 4.79 Å². The van der Waals surface area contributed by atoms with E-state index in [2.05, 4.69) is 5.10 Å². The van der Waals surface area contributed by atoms with Crippen LogP contribution in [-0.4, -0.2) is 45.2 Å². The second-order valence-corrected chi connectivity index (χ2v) is 6.32. The van der Waals surface area contributed by atoms with Gasteiger partial charge in [-0.05, 0) is 36.4 Å². The van der Waals surface area contributed by atoms with E-state index < -0.39 is 0 Å². The topological polar surface area (TPSA) is 64.2 Å². The van der Waals surface area contributed by atoms with Gasteiger partial charge in [-0.2, -0.15) is 16.9 Å². The molecule has 2 aromatic rings. The first-order valence-corrected chi connectivity index (χ1v) is 8.07. The largest absolute Gasteiger partial charge is 0.399 e. The van der Waals surface area contributed by atoms with Crippen LogP contribution in [0.25, 0.3) is 5.69 Å². The van der Waals surface area contributed by atoms with Crippen molar-refractivity contribution in [3.05, 3.63) is 42.2 Å². The fraction of sp³-hybridized carbons (Fsp3) is 0.333. The third kappa shape index (κ3) is 2.90. The Morgan fingerprint density at radius 2 is 2.33 bits per heavy atom. The lowest BCUT2D eigenvalue weighted by atomic mass is 10.2. The molecule has 0 aliphatic carbocycles. The van der Waals surface area contributed by atoms with E-state index >= 15 is 0 Å². The van der Waals surface area contributed by atoms with Crippen LogP contribution >= 0.6 is 11.8 Å². The van der Waals surface area contributed by atoms with Crippen molar-refractivity contribution >= 4 is 23.4 Å². The number of thioether (sulfide) groups is 1. The van der Waals surface area contributed by atoms with Crippen LogP contribution in [0.15, 0.2) is 36.5 Å². The van der Waals surface area contributed by atoms with Crippen molar-refractivity contribution in [3.8, 4) is 5.69 Å². The summed E-state index contributed by atoms with van der Waals surface area (Å²) in [6.07, 6.45) is 2.85. The summed E-state index contributed by atoms with van der Waals surface area (Å²) in [6.45, 7) is 0. The highest BCUT2D eigenvalue weighted by Gasteiger charge is 2.25. The number of nitrogen functional groups attached to an aromatic ring is 1. The Bertz CT molecular complexity index is 649. The van der Waals surface area contributed by atoms with E-state index in [1.54, 1.807) is 16.9 Å². The number of nitrogens with two attached hydrogens (primary N) is 1. The smallest absolute Gasteiger partial charge is 0.274 e. The lowest BCUT2D eigenvalue weighted by Gasteiger charge is -2.22. The molecule has 1 aromatic carbocycles. The lowest BCUT2D eigenvalue weighted by Crippen LogP contribution is -2.37. The number of rotatable bonds is 3. The van der Waals surface area contributed by atoms with Crippen molar-refractivity contribution in [2.75, 3.05) is 24.3 Å². The minimum Gasteiger partial charge on any atom is -0.399 e. The number of aromatic nitrogens is 2. The number of hydrogen-bond acceptors (Lipinski definition) is 4. The Morgan fingerprint density at radius 3 is 3.05 bits per heavy atom. The van der Waals surface area contributed by atoms with Crippen molar-refractivity contribution in [2.24, 2.45) is 0 Å². The molecular formula is C15H18N4OS. The molecule has 1 unspecified atom stereocenters. The van der Waals surface area contributed by atoms with Gasteiger partial charge in [-0.25, -0.2) is 4.68 Å². The van der Waals surface area contributed by atoms with E-state index in [1.807, 2.05) is 48.0 Å². The Hall–Kier alpha value is -1.95. The normalized spacial score (nSPS) is 17.9. The molecule has 1 aliphatic rings. The highest BCUT2D eigenvalue weighted by atomic mass is 32.2. The molecule has 21 heavy (non-hydrogen) atoms. The van der Waals surface area contributed by atoms with Crippen LogP contribution in [0.1, 0.15) is 16.9 Å². The van der Waals surface area contributed by atoms with Gasteiger partial charge >= 0.3 is 0 Å². The van der Waals surface area contributed by atoms with Crippen LogP contribution in [0.2, 0.25) is 0 Å². The average molecular weight is 302 g/mol. The van der Waals surface area contributed by atoms with Gasteiger partial charge in [0.25, 0.3) is 5.91 Å². The zero-order valence-corrected chi connectivity index (χ0v) is 12.7.